The van der Waals surface area contributed by atoms with Crippen LogP contribution in [0.4, 0.5) is 11.4 Å². The second-order valence-electron chi connectivity index (χ2n) is 6.11. The van der Waals surface area contributed by atoms with Crippen LogP contribution in [0.5, 0.6) is 0 Å². The predicted octanol–water partition coefficient (Wildman–Crippen LogP) is 4.09. The average molecular weight is 434 g/mol. The van der Waals surface area contributed by atoms with Crippen molar-refractivity contribution in [3.63, 3.8) is 0 Å². The van der Waals surface area contributed by atoms with E-state index in [9.17, 15) is 24.3 Å². The van der Waals surface area contributed by atoms with E-state index in [1.165, 1.54) is 25.1 Å². The van der Waals surface area contributed by atoms with Gasteiger partial charge < -0.3 is 15.3 Å². The number of anilines is 1. The van der Waals surface area contributed by atoms with Gasteiger partial charge in [0.25, 0.3) is 0 Å². The first-order valence-corrected chi connectivity index (χ1v) is 11.1. The molecule has 11 heteroatoms. The molecule has 0 aliphatic carbocycles. The molecule has 0 radical (unpaired) electrons. The van der Waals surface area contributed by atoms with Gasteiger partial charge in [-0.25, -0.2) is 4.57 Å². The van der Waals surface area contributed by atoms with E-state index < -0.39 is 13.9 Å². The van der Waals surface area contributed by atoms with E-state index in [0.29, 0.717) is 17.7 Å². The molecule has 1 aromatic carbocycles. The summed E-state index contributed by atoms with van der Waals surface area (Å²) in [6, 6.07) is 4.38. The standard InChI is InChI=1S/C17H27N2O7PS/c1-13(20)15-12-14(7-8-16(15)19-22)18-17(21)6-5-10-26-27(23,24)25-9-3-2-4-11-28/h7-8,12-13,20,28H,2-6,9-11H2,1H3,(H,18,21)(H,23,24). The van der Waals surface area contributed by atoms with Crippen molar-refractivity contribution in [1.29, 1.82) is 0 Å². The van der Waals surface area contributed by atoms with E-state index in [2.05, 4.69) is 23.1 Å². The van der Waals surface area contributed by atoms with Crippen LogP contribution < -0.4 is 5.32 Å². The SMILES string of the molecule is CC(O)c1cc(NC(=O)CCCOP(=O)(O)OCCCCCS)ccc1N=O. The molecule has 2 atom stereocenters. The lowest BCUT2D eigenvalue weighted by atomic mass is 10.1. The smallest absolute Gasteiger partial charge is 0.389 e. The number of carbonyl (C=O) groups is 1. The number of phosphoric acid groups is 1. The first-order valence-electron chi connectivity index (χ1n) is 8.97. The third-order valence-corrected chi connectivity index (χ3v) is 5.05. The number of nitrogens with zero attached hydrogens (tertiary/aromatic N) is 1. The monoisotopic (exact) mass is 434 g/mol. The van der Waals surface area contributed by atoms with Crippen molar-refractivity contribution in [3.05, 3.63) is 28.7 Å². The Kier molecular flexibility index (Phi) is 11.5. The van der Waals surface area contributed by atoms with E-state index >= 15 is 0 Å². The van der Waals surface area contributed by atoms with Crippen molar-refractivity contribution in [2.45, 2.75) is 45.1 Å². The summed E-state index contributed by atoms with van der Waals surface area (Å²) in [6.07, 6.45) is 1.77. The quantitative estimate of drug-likeness (QED) is 0.150. The minimum atomic E-state index is -4.11. The molecule has 0 heterocycles. The molecule has 1 rings (SSSR count). The van der Waals surface area contributed by atoms with Crippen LogP contribution in [0.3, 0.4) is 0 Å². The van der Waals surface area contributed by atoms with Gasteiger partial charge >= 0.3 is 7.82 Å². The highest BCUT2D eigenvalue weighted by Gasteiger charge is 2.20. The number of benzene rings is 1. The third kappa shape index (κ3) is 9.77. The minimum absolute atomic E-state index is 0.0552. The van der Waals surface area contributed by atoms with Crippen LogP contribution in [-0.2, 0) is 18.4 Å². The van der Waals surface area contributed by atoms with E-state index in [4.69, 9.17) is 9.05 Å². The fourth-order valence-electron chi connectivity index (χ4n) is 2.29. The van der Waals surface area contributed by atoms with Crippen molar-refractivity contribution < 1.29 is 28.4 Å². The fraction of sp³-hybridized carbons (Fsp3) is 0.588. The van der Waals surface area contributed by atoms with E-state index in [0.717, 1.165) is 18.6 Å². The van der Waals surface area contributed by atoms with Gasteiger partial charge in [0.1, 0.15) is 5.69 Å². The lowest BCUT2D eigenvalue weighted by Crippen LogP contribution is -2.12. The molecule has 3 N–H and O–H groups in total. The summed E-state index contributed by atoms with van der Waals surface area (Å²) >= 11 is 4.08. The zero-order valence-electron chi connectivity index (χ0n) is 15.7. The highest BCUT2D eigenvalue weighted by Crippen LogP contribution is 2.43. The largest absolute Gasteiger partial charge is 0.472 e. The van der Waals surface area contributed by atoms with E-state index in [1.54, 1.807) is 0 Å². The molecule has 0 fully saturated rings. The maximum absolute atomic E-state index is 12.0. The molecule has 1 aromatic rings. The number of carbonyl (C=O) groups excluding carboxylic acids is 1. The number of amides is 1. The Morgan fingerprint density at radius 2 is 1.93 bits per heavy atom. The maximum atomic E-state index is 12.0. The molecular formula is C17H27N2O7PS. The van der Waals surface area contributed by atoms with E-state index in [1.807, 2.05) is 0 Å². The first-order chi connectivity index (χ1) is 13.3. The van der Waals surface area contributed by atoms with Gasteiger partial charge in [0.2, 0.25) is 5.91 Å². The molecule has 0 aliphatic rings. The molecule has 9 nitrogen and oxygen atoms in total. The molecule has 2 unspecified atom stereocenters. The number of rotatable bonds is 14. The molecule has 28 heavy (non-hydrogen) atoms. The number of nitroso groups, excluding NO2 is 1. The number of hydrogen-bond acceptors (Lipinski definition) is 8. The number of nitrogens with one attached hydrogen (secondary N) is 1. The summed E-state index contributed by atoms with van der Waals surface area (Å²) in [5, 5.41) is 15.1. The van der Waals surface area contributed by atoms with Gasteiger partial charge in [0, 0.05) is 17.7 Å². The number of phosphoric ester groups is 1. The van der Waals surface area contributed by atoms with Crippen LogP contribution in [0, 0.1) is 4.91 Å². The van der Waals surface area contributed by atoms with Crippen LogP contribution in [-0.4, -0.2) is 34.9 Å². The van der Waals surface area contributed by atoms with Gasteiger partial charge in [-0.2, -0.15) is 12.6 Å². The number of aliphatic hydroxyl groups is 1. The molecule has 0 saturated heterocycles. The van der Waals surface area contributed by atoms with Crippen LogP contribution in [0.25, 0.3) is 0 Å². The van der Waals surface area contributed by atoms with Gasteiger partial charge in [-0.15, -0.1) is 4.91 Å². The molecule has 158 valence electrons. The van der Waals surface area contributed by atoms with Gasteiger partial charge in [0.05, 0.1) is 19.3 Å². The van der Waals surface area contributed by atoms with E-state index in [-0.39, 0.29) is 37.6 Å². The lowest BCUT2D eigenvalue weighted by molar-refractivity contribution is -0.116. The van der Waals surface area contributed by atoms with Gasteiger partial charge in [-0.05, 0) is 55.3 Å². The Balaban J connectivity index is 2.34. The second kappa shape index (κ2) is 13.0. The highest BCUT2D eigenvalue weighted by atomic mass is 32.1. The fourth-order valence-corrected chi connectivity index (χ4v) is 3.31. The summed E-state index contributed by atoms with van der Waals surface area (Å²) < 4.78 is 21.4. The van der Waals surface area contributed by atoms with Gasteiger partial charge in [-0.1, -0.05) is 6.42 Å². The number of unbranched alkanes of at least 4 members (excludes halogenated alkanes) is 2. The number of aliphatic hydroxyl groups excluding tert-OH is 1. The Labute approximate surface area is 169 Å². The Morgan fingerprint density at radius 1 is 1.25 bits per heavy atom. The van der Waals surface area contributed by atoms with Crippen LogP contribution in [0.2, 0.25) is 0 Å². The van der Waals surface area contributed by atoms with Crippen LogP contribution >= 0.6 is 20.5 Å². The normalized spacial score (nSPS) is 14.3. The Bertz CT molecular complexity index is 687. The zero-order valence-corrected chi connectivity index (χ0v) is 17.5. The third-order valence-electron chi connectivity index (χ3n) is 3.72. The first kappa shape index (κ1) is 24.7. The summed E-state index contributed by atoms with van der Waals surface area (Å²) in [5.41, 5.74) is 0.821. The molecule has 0 saturated carbocycles. The molecule has 1 amide bonds. The van der Waals surface area contributed by atoms with Crippen molar-refractivity contribution >= 4 is 37.7 Å². The van der Waals surface area contributed by atoms with Crippen LogP contribution in [0.15, 0.2) is 23.4 Å². The highest BCUT2D eigenvalue weighted by molar-refractivity contribution is 7.80. The van der Waals surface area contributed by atoms with Crippen molar-refractivity contribution in [3.8, 4) is 0 Å². The average Bonchev–Trinajstić information content (AvgIpc) is 2.65. The zero-order chi connectivity index (χ0) is 21.0. The molecular weight excluding hydrogens is 407 g/mol. The molecule has 0 bridgehead atoms. The molecule has 0 spiro atoms. The van der Waals surface area contributed by atoms with Crippen LogP contribution in [0.1, 0.15) is 50.7 Å². The summed E-state index contributed by atoms with van der Waals surface area (Å²) in [5.74, 6) is 0.417. The molecule has 0 aromatic heterocycles. The number of thiol groups is 1. The summed E-state index contributed by atoms with van der Waals surface area (Å²) in [7, 11) is -4.11. The lowest BCUT2D eigenvalue weighted by Gasteiger charge is -2.12. The van der Waals surface area contributed by atoms with Gasteiger partial charge in [0.15, 0.2) is 0 Å². The second-order valence-corrected chi connectivity index (χ2v) is 8.01. The topological polar surface area (TPSA) is 135 Å². The Morgan fingerprint density at radius 3 is 2.54 bits per heavy atom. The van der Waals surface area contributed by atoms with Gasteiger partial charge in [-0.3, -0.25) is 13.8 Å². The molecule has 0 aliphatic heterocycles. The van der Waals surface area contributed by atoms with Crippen molar-refractivity contribution in [2.75, 3.05) is 24.3 Å². The Hall–Kier alpha value is -1.29. The van der Waals surface area contributed by atoms with Crippen molar-refractivity contribution in [1.82, 2.24) is 0 Å². The number of hydrogen-bond donors (Lipinski definition) is 4. The maximum Gasteiger partial charge on any atom is 0.472 e. The summed E-state index contributed by atoms with van der Waals surface area (Å²) in [6.45, 7) is 1.51. The summed E-state index contributed by atoms with van der Waals surface area (Å²) in [4.78, 5) is 32.2. The minimum Gasteiger partial charge on any atom is -0.389 e. The van der Waals surface area contributed by atoms with Crippen molar-refractivity contribution in [2.24, 2.45) is 5.18 Å². The predicted molar refractivity (Wildman–Crippen MR) is 110 cm³/mol.